The van der Waals surface area contributed by atoms with E-state index in [9.17, 15) is 23.4 Å². The SMILES string of the molecule is Oc1ccccc1/C=C/C1=NN(c2nc(-c3ccccc3)cs2)[C@@](O)(C(F)(F)F)C1. The van der Waals surface area contributed by atoms with Crippen LogP contribution in [0.25, 0.3) is 17.3 Å². The molecule has 154 valence electrons. The van der Waals surface area contributed by atoms with Crippen LogP contribution in [0.5, 0.6) is 5.75 Å². The van der Waals surface area contributed by atoms with Gasteiger partial charge in [-0.25, -0.2) is 4.98 Å². The van der Waals surface area contributed by atoms with Gasteiger partial charge in [-0.05, 0) is 18.2 Å². The van der Waals surface area contributed by atoms with Gasteiger partial charge in [-0.15, -0.1) is 11.3 Å². The maximum Gasteiger partial charge on any atom is 0.438 e. The predicted octanol–water partition coefficient (Wildman–Crippen LogP) is 5.05. The summed E-state index contributed by atoms with van der Waals surface area (Å²) >= 11 is 0.963. The molecular weight excluding hydrogens is 415 g/mol. The van der Waals surface area contributed by atoms with E-state index in [-0.39, 0.29) is 16.6 Å². The number of nitrogens with zero attached hydrogens (tertiary/aromatic N) is 3. The molecule has 2 N–H and O–H groups in total. The average Bonchev–Trinajstić information content (AvgIpc) is 3.33. The first-order valence-electron chi connectivity index (χ1n) is 8.92. The standard InChI is InChI=1S/C21H16F3N3O2S/c22-21(23,24)20(29)12-16(11-10-15-8-4-5-9-18(15)28)26-27(20)19-25-17(13-30-19)14-6-2-1-3-7-14/h1-11,13,28-29H,12H2/b11-10+/t20-/m0/s1. The largest absolute Gasteiger partial charge is 0.507 e. The molecule has 30 heavy (non-hydrogen) atoms. The molecule has 0 aliphatic carbocycles. The van der Waals surface area contributed by atoms with Crippen LogP contribution in [-0.2, 0) is 0 Å². The van der Waals surface area contributed by atoms with Crippen molar-refractivity contribution in [1.82, 2.24) is 4.98 Å². The van der Waals surface area contributed by atoms with Crippen LogP contribution in [-0.4, -0.2) is 32.8 Å². The average molecular weight is 431 g/mol. The highest BCUT2D eigenvalue weighted by atomic mass is 32.1. The zero-order valence-electron chi connectivity index (χ0n) is 15.4. The normalized spacial score (nSPS) is 19.5. The number of para-hydroxylation sites is 1. The summed E-state index contributed by atoms with van der Waals surface area (Å²) in [5.41, 5.74) is -1.53. The Labute approximate surface area is 174 Å². The fraction of sp³-hybridized carbons (Fsp3) is 0.143. The lowest BCUT2D eigenvalue weighted by molar-refractivity contribution is -0.254. The first-order valence-corrected chi connectivity index (χ1v) is 9.80. The number of hydrogen-bond donors (Lipinski definition) is 2. The van der Waals surface area contributed by atoms with Gasteiger partial charge in [-0.2, -0.15) is 23.3 Å². The zero-order chi connectivity index (χ0) is 21.4. The Morgan fingerprint density at radius 3 is 2.43 bits per heavy atom. The van der Waals surface area contributed by atoms with Crippen LogP contribution in [0.1, 0.15) is 12.0 Å². The first-order chi connectivity index (χ1) is 14.3. The van der Waals surface area contributed by atoms with Crippen LogP contribution in [0, 0.1) is 0 Å². The maximum atomic E-state index is 13.8. The van der Waals surface area contributed by atoms with Crippen LogP contribution in [0.3, 0.4) is 0 Å². The number of hydrogen-bond acceptors (Lipinski definition) is 6. The van der Waals surface area contributed by atoms with Gasteiger partial charge < -0.3 is 10.2 Å². The van der Waals surface area contributed by atoms with E-state index >= 15 is 0 Å². The second-order valence-electron chi connectivity index (χ2n) is 6.67. The van der Waals surface area contributed by atoms with Crippen LogP contribution >= 0.6 is 11.3 Å². The third-order valence-electron chi connectivity index (χ3n) is 4.60. The summed E-state index contributed by atoms with van der Waals surface area (Å²) in [7, 11) is 0. The fourth-order valence-electron chi connectivity index (χ4n) is 3.01. The summed E-state index contributed by atoms with van der Waals surface area (Å²) in [6.07, 6.45) is -2.93. The Morgan fingerprint density at radius 2 is 1.73 bits per heavy atom. The van der Waals surface area contributed by atoms with Crippen molar-refractivity contribution in [3.05, 3.63) is 71.6 Å². The number of aliphatic hydroxyl groups is 1. The van der Waals surface area contributed by atoms with Gasteiger partial charge in [0, 0.05) is 16.5 Å². The molecule has 1 atom stereocenters. The third kappa shape index (κ3) is 3.69. The molecule has 0 amide bonds. The number of hydrazone groups is 1. The van der Waals surface area contributed by atoms with Crippen LogP contribution in [0.2, 0.25) is 0 Å². The molecule has 4 rings (SSSR count). The topological polar surface area (TPSA) is 69.0 Å². The molecule has 1 aliphatic rings. The first kappa shape index (κ1) is 20.1. The number of phenols is 1. The molecule has 0 saturated carbocycles. The van der Waals surface area contributed by atoms with Crippen molar-refractivity contribution in [3.8, 4) is 17.0 Å². The van der Waals surface area contributed by atoms with E-state index in [1.54, 1.807) is 47.8 Å². The Morgan fingerprint density at radius 1 is 1.03 bits per heavy atom. The van der Waals surface area contributed by atoms with E-state index in [2.05, 4.69) is 10.1 Å². The van der Waals surface area contributed by atoms with E-state index in [0.29, 0.717) is 16.3 Å². The maximum absolute atomic E-state index is 13.8. The summed E-state index contributed by atoms with van der Waals surface area (Å²) in [5.74, 6) is -0.0114. The minimum Gasteiger partial charge on any atom is -0.507 e. The molecule has 2 heterocycles. The summed E-state index contributed by atoms with van der Waals surface area (Å²) in [6.45, 7) is 0. The quantitative estimate of drug-likeness (QED) is 0.607. The molecule has 0 spiro atoms. The van der Waals surface area contributed by atoms with Gasteiger partial charge in [-0.3, -0.25) is 0 Å². The number of alkyl halides is 3. The number of phenolic OH excluding ortho intramolecular Hbond substituents is 1. The van der Waals surface area contributed by atoms with Gasteiger partial charge in [0.15, 0.2) is 0 Å². The highest BCUT2D eigenvalue weighted by Crippen LogP contribution is 2.44. The summed E-state index contributed by atoms with van der Waals surface area (Å²) in [5, 5.41) is 26.4. The summed E-state index contributed by atoms with van der Waals surface area (Å²) in [6, 6.07) is 15.4. The second kappa shape index (κ2) is 7.58. The number of thiazole rings is 1. The highest BCUT2D eigenvalue weighted by molar-refractivity contribution is 7.14. The number of aromatic hydroxyl groups is 1. The monoisotopic (exact) mass is 431 g/mol. The lowest BCUT2D eigenvalue weighted by atomic mass is 10.1. The Balaban J connectivity index is 1.68. The Kier molecular flexibility index (Phi) is 5.08. The molecule has 0 saturated heterocycles. The van der Waals surface area contributed by atoms with Gasteiger partial charge in [0.1, 0.15) is 5.75 Å². The molecular formula is C21H16F3N3O2S. The second-order valence-corrected chi connectivity index (χ2v) is 7.50. The molecule has 3 aromatic rings. The lowest BCUT2D eigenvalue weighted by Gasteiger charge is -2.32. The molecule has 0 unspecified atom stereocenters. The lowest BCUT2D eigenvalue weighted by Crippen LogP contribution is -2.55. The van der Waals surface area contributed by atoms with Gasteiger partial charge in [0.25, 0.3) is 5.72 Å². The number of halogens is 3. The van der Waals surface area contributed by atoms with Gasteiger partial charge in [0.2, 0.25) is 5.13 Å². The van der Waals surface area contributed by atoms with Crippen molar-refractivity contribution in [2.45, 2.75) is 18.3 Å². The number of anilines is 1. The third-order valence-corrected chi connectivity index (χ3v) is 5.41. The van der Waals surface area contributed by atoms with E-state index in [1.807, 2.05) is 6.07 Å². The van der Waals surface area contributed by atoms with Crippen molar-refractivity contribution < 1.29 is 23.4 Å². The minimum atomic E-state index is -4.96. The molecule has 0 fully saturated rings. The van der Waals surface area contributed by atoms with Crippen molar-refractivity contribution in [3.63, 3.8) is 0 Å². The van der Waals surface area contributed by atoms with Crippen LogP contribution in [0.4, 0.5) is 18.3 Å². The van der Waals surface area contributed by atoms with Crippen molar-refractivity contribution in [2.75, 3.05) is 5.01 Å². The number of benzene rings is 2. The zero-order valence-corrected chi connectivity index (χ0v) is 16.2. The molecule has 0 bridgehead atoms. The minimum absolute atomic E-state index is 0.00883. The molecule has 0 radical (unpaired) electrons. The molecule has 2 aromatic carbocycles. The van der Waals surface area contributed by atoms with E-state index < -0.39 is 18.3 Å². The highest BCUT2D eigenvalue weighted by Gasteiger charge is 2.62. The van der Waals surface area contributed by atoms with Crippen molar-refractivity contribution >= 4 is 28.3 Å². The smallest absolute Gasteiger partial charge is 0.438 e. The van der Waals surface area contributed by atoms with Gasteiger partial charge in [0.05, 0.1) is 17.8 Å². The van der Waals surface area contributed by atoms with E-state index in [4.69, 9.17) is 0 Å². The molecule has 9 heteroatoms. The summed E-state index contributed by atoms with van der Waals surface area (Å²) < 4.78 is 41.3. The van der Waals surface area contributed by atoms with Gasteiger partial charge in [-0.1, -0.05) is 48.5 Å². The number of aromatic nitrogens is 1. The molecule has 1 aromatic heterocycles. The van der Waals surface area contributed by atoms with Gasteiger partial charge >= 0.3 is 6.18 Å². The fourth-order valence-corrected chi connectivity index (χ4v) is 3.85. The Bertz CT molecular complexity index is 1110. The summed E-state index contributed by atoms with van der Waals surface area (Å²) in [4.78, 5) is 4.25. The van der Waals surface area contributed by atoms with Crippen LogP contribution in [0.15, 0.2) is 71.2 Å². The predicted molar refractivity (Wildman–Crippen MR) is 110 cm³/mol. The van der Waals surface area contributed by atoms with Crippen molar-refractivity contribution in [2.24, 2.45) is 5.10 Å². The molecule has 1 aliphatic heterocycles. The number of rotatable bonds is 4. The molecule has 5 nitrogen and oxygen atoms in total. The van der Waals surface area contributed by atoms with Crippen molar-refractivity contribution in [1.29, 1.82) is 0 Å². The number of allylic oxidation sites excluding steroid dienone is 1. The van der Waals surface area contributed by atoms with E-state index in [1.165, 1.54) is 18.2 Å². The van der Waals surface area contributed by atoms with Crippen LogP contribution < -0.4 is 5.01 Å². The van der Waals surface area contributed by atoms with E-state index in [0.717, 1.165) is 16.9 Å². The Hall–Kier alpha value is -3.17.